The second-order valence-corrected chi connectivity index (χ2v) is 7.50. The van der Waals surface area contributed by atoms with Crippen LogP contribution in [0.1, 0.15) is 22.3 Å². The molecule has 0 spiro atoms. The van der Waals surface area contributed by atoms with E-state index < -0.39 is 5.82 Å². The van der Waals surface area contributed by atoms with Crippen LogP contribution in [0.2, 0.25) is 0 Å². The maximum atomic E-state index is 14.2. The molecule has 5 rings (SSSR count). The summed E-state index contributed by atoms with van der Waals surface area (Å²) in [7, 11) is 0. The van der Waals surface area contributed by atoms with E-state index in [-0.39, 0.29) is 31.5 Å². The maximum Gasteiger partial charge on any atom is 0.222 e. The van der Waals surface area contributed by atoms with Crippen molar-refractivity contribution in [2.75, 3.05) is 6.79 Å². The number of aromatic nitrogens is 1. The first-order valence-corrected chi connectivity index (χ1v) is 10.1. The lowest BCUT2D eigenvalue weighted by Crippen LogP contribution is -2.14. The molecule has 1 N–H and O–H groups in total. The highest BCUT2D eigenvalue weighted by Crippen LogP contribution is 2.42. The minimum absolute atomic E-state index is 0.0529. The Balaban J connectivity index is 1.63. The number of nitrogens with zero attached hydrogens (tertiary/aromatic N) is 2. The molecule has 3 aromatic carbocycles. The summed E-state index contributed by atoms with van der Waals surface area (Å²) in [6.07, 6.45) is 3.80. The number of hydrogen-bond acceptors (Lipinski definition) is 5. The average Bonchev–Trinajstić information content (AvgIpc) is 3.09. The molecule has 0 amide bonds. The second kappa shape index (κ2) is 8.28. The highest BCUT2D eigenvalue weighted by molar-refractivity contribution is 6.02. The lowest BCUT2D eigenvalue weighted by molar-refractivity contribution is -0.0173. The first kappa shape index (κ1) is 20.0. The van der Waals surface area contributed by atoms with Crippen LogP contribution in [0.4, 0.5) is 10.1 Å². The monoisotopic (exact) mass is 430 g/mol. The van der Waals surface area contributed by atoms with Gasteiger partial charge in [0.15, 0.2) is 12.5 Å². The highest BCUT2D eigenvalue weighted by atomic mass is 19.1. The molecular weight excluding hydrogens is 411 g/mol. The summed E-state index contributed by atoms with van der Waals surface area (Å²) in [4.78, 5) is 11.7. The van der Waals surface area contributed by atoms with Crippen LogP contribution in [0, 0.1) is 10.7 Å². The van der Waals surface area contributed by atoms with Crippen LogP contribution in [0.15, 0.2) is 65.8 Å². The van der Waals surface area contributed by atoms with Crippen molar-refractivity contribution in [2.24, 2.45) is 5.18 Å². The van der Waals surface area contributed by atoms with Gasteiger partial charge in [-0.3, -0.25) is 0 Å². The van der Waals surface area contributed by atoms with E-state index in [0.29, 0.717) is 27.8 Å². The normalized spacial score (nSPS) is 13.3. The van der Waals surface area contributed by atoms with E-state index in [1.165, 1.54) is 12.1 Å². The molecule has 1 aromatic heterocycles. The van der Waals surface area contributed by atoms with Crippen molar-refractivity contribution in [3.63, 3.8) is 0 Å². The molecule has 6 nitrogen and oxygen atoms in total. The summed E-state index contributed by atoms with van der Waals surface area (Å²) < 4.78 is 26.6. The van der Waals surface area contributed by atoms with Crippen molar-refractivity contribution in [1.29, 1.82) is 0 Å². The molecule has 7 heteroatoms. The standard InChI is InChI=1S/C25H19FN2O4/c26-20-11-18(24-19(12-20)14-31-15-32-24)13-28-21-8-4-7-17(22(21)23(27-30)25(28)29)10-9-16-5-2-1-3-6-16/h1-12,29H,13-15H2. The van der Waals surface area contributed by atoms with Crippen molar-refractivity contribution in [1.82, 2.24) is 4.57 Å². The predicted molar refractivity (Wildman–Crippen MR) is 120 cm³/mol. The van der Waals surface area contributed by atoms with Crippen LogP contribution in [-0.2, 0) is 17.9 Å². The summed E-state index contributed by atoms with van der Waals surface area (Å²) >= 11 is 0. The van der Waals surface area contributed by atoms with E-state index in [9.17, 15) is 14.4 Å². The summed E-state index contributed by atoms with van der Waals surface area (Å²) in [6.45, 7) is 0.414. The smallest absolute Gasteiger partial charge is 0.222 e. The SMILES string of the molecule is O=Nc1c(O)n(Cc2cc(F)cc3c2OCOC3)c2cccc(C=Cc3ccccc3)c12. The summed E-state index contributed by atoms with van der Waals surface area (Å²) in [5, 5.41) is 14.5. The fraction of sp³-hybridized carbons (Fsp3) is 0.120. The Labute approximate surface area is 183 Å². The zero-order valence-corrected chi connectivity index (χ0v) is 17.0. The molecule has 2 heterocycles. The quantitative estimate of drug-likeness (QED) is 0.313. The molecule has 1 aliphatic heterocycles. The van der Waals surface area contributed by atoms with Gasteiger partial charge in [-0.1, -0.05) is 54.6 Å². The lowest BCUT2D eigenvalue weighted by atomic mass is 10.1. The first-order chi connectivity index (χ1) is 15.7. The molecule has 32 heavy (non-hydrogen) atoms. The fourth-order valence-electron chi connectivity index (χ4n) is 4.07. The van der Waals surface area contributed by atoms with Crippen molar-refractivity contribution in [3.8, 4) is 11.6 Å². The van der Waals surface area contributed by atoms with Gasteiger partial charge in [0.25, 0.3) is 0 Å². The van der Waals surface area contributed by atoms with Gasteiger partial charge in [-0.15, -0.1) is 4.91 Å². The average molecular weight is 430 g/mol. The first-order valence-electron chi connectivity index (χ1n) is 10.1. The number of benzene rings is 3. The van der Waals surface area contributed by atoms with Gasteiger partial charge in [-0.2, -0.15) is 0 Å². The topological polar surface area (TPSA) is 73.0 Å². The molecule has 0 atom stereocenters. The minimum atomic E-state index is -0.427. The summed E-state index contributed by atoms with van der Waals surface area (Å²) in [6, 6.07) is 18.0. The lowest BCUT2D eigenvalue weighted by Gasteiger charge is -2.21. The van der Waals surface area contributed by atoms with Crippen LogP contribution in [0.3, 0.4) is 0 Å². The van der Waals surface area contributed by atoms with E-state index in [0.717, 1.165) is 11.1 Å². The van der Waals surface area contributed by atoms with Crippen molar-refractivity contribution in [2.45, 2.75) is 13.2 Å². The van der Waals surface area contributed by atoms with Crippen molar-refractivity contribution < 1.29 is 19.0 Å². The van der Waals surface area contributed by atoms with Gasteiger partial charge in [0.05, 0.1) is 18.7 Å². The van der Waals surface area contributed by atoms with Crippen molar-refractivity contribution >= 4 is 28.7 Å². The van der Waals surface area contributed by atoms with E-state index >= 15 is 0 Å². The summed E-state index contributed by atoms with van der Waals surface area (Å²) in [5.41, 5.74) is 3.43. The fourth-order valence-corrected chi connectivity index (χ4v) is 4.07. The zero-order chi connectivity index (χ0) is 22.1. The van der Waals surface area contributed by atoms with Gasteiger partial charge >= 0.3 is 0 Å². The molecule has 0 radical (unpaired) electrons. The number of halogens is 1. The Morgan fingerprint density at radius 2 is 1.94 bits per heavy atom. The highest BCUT2D eigenvalue weighted by Gasteiger charge is 2.23. The molecule has 0 saturated carbocycles. The summed E-state index contributed by atoms with van der Waals surface area (Å²) in [5.74, 6) is -0.177. The van der Waals surface area contributed by atoms with E-state index in [1.807, 2.05) is 54.6 Å². The van der Waals surface area contributed by atoms with E-state index in [1.54, 1.807) is 10.6 Å². The Morgan fingerprint density at radius 3 is 2.75 bits per heavy atom. The number of ether oxygens (including phenoxy) is 2. The number of rotatable bonds is 5. The Morgan fingerprint density at radius 1 is 1.09 bits per heavy atom. The maximum absolute atomic E-state index is 14.2. The van der Waals surface area contributed by atoms with Gasteiger partial charge in [0, 0.05) is 16.5 Å². The van der Waals surface area contributed by atoms with Crippen LogP contribution < -0.4 is 4.74 Å². The number of nitroso groups, excluding NO2 is 1. The van der Waals surface area contributed by atoms with Crippen LogP contribution in [0.25, 0.3) is 23.1 Å². The Bertz CT molecular complexity index is 1350. The molecule has 4 aromatic rings. The van der Waals surface area contributed by atoms with Crippen LogP contribution in [-0.4, -0.2) is 16.5 Å². The Kier molecular flexibility index (Phi) is 5.17. The molecule has 160 valence electrons. The third-order valence-electron chi connectivity index (χ3n) is 5.50. The molecular formula is C25H19FN2O4. The number of aromatic hydroxyl groups is 1. The minimum Gasteiger partial charge on any atom is -0.493 e. The third-order valence-corrected chi connectivity index (χ3v) is 5.50. The molecule has 0 saturated heterocycles. The largest absolute Gasteiger partial charge is 0.493 e. The second-order valence-electron chi connectivity index (χ2n) is 7.50. The number of fused-ring (bicyclic) bond motifs is 2. The molecule has 0 unspecified atom stereocenters. The third kappa shape index (κ3) is 3.52. The Hall–Kier alpha value is -3.97. The molecule has 1 aliphatic rings. The van der Waals surface area contributed by atoms with Crippen molar-refractivity contribution in [3.05, 3.63) is 93.6 Å². The van der Waals surface area contributed by atoms with Gasteiger partial charge in [-0.05, 0) is 34.5 Å². The van der Waals surface area contributed by atoms with Gasteiger partial charge in [0.1, 0.15) is 11.6 Å². The predicted octanol–water partition coefficient (Wildman–Crippen LogP) is 5.97. The van der Waals surface area contributed by atoms with Crippen LogP contribution >= 0.6 is 0 Å². The molecule has 0 fully saturated rings. The van der Waals surface area contributed by atoms with Gasteiger partial charge < -0.3 is 19.1 Å². The molecule has 0 bridgehead atoms. The van der Waals surface area contributed by atoms with Gasteiger partial charge in [0.2, 0.25) is 5.88 Å². The van der Waals surface area contributed by atoms with E-state index in [2.05, 4.69) is 5.18 Å². The number of hydrogen-bond donors (Lipinski definition) is 1. The van der Waals surface area contributed by atoms with E-state index in [4.69, 9.17) is 9.47 Å². The molecule has 0 aliphatic carbocycles. The van der Waals surface area contributed by atoms with Gasteiger partial charge in [-0.25, -0.2) is 4.39 Å². The zero-order valence-electron chi connectivity index (χ0n) is 17.0. The van der Waals surface area contributed by atoms with Crippen LogP contribution in [0.5, 0.6) is 11.6 Å².